The van der Waals surface area contributed by atoms with Gasteiger partial charge in [0.15, 0.2) is 5.92 Å². The van der Waals surface area contributed by atoms with Gasteiger partial charge in [-0.05, 0) is 33.1 Å². The van der Waals surface area contributed by atoms with Crippen LogP contribution in [-0.2, 0) is 23.9 Å². The Morgan fingerprint density at radius 3 is 2.70 bits per heavy atom. The van der Waals surface area contributed by atoms with E-state index in [1.165, 1.54) is 0 Å². The minimum atomic E-state index is -1.13. The number of ether oxygens (including phenoxy) is 2. The fourth-order valence-electron chi connectivity index (χ4n) is 3.12. The fourth-order valence-corrected chi connectivity index (χ4v) is 3.12. The first-order valence-corrected chi connectivity index (χ1v) is 6.88. The summed E-state index contributed by atoms with van der Waals surface area (Å²) < 4.78 is 10.2. The molecule has 1 aliphatic heterocycles. The predicted molar refractivity (Wildman–Crippen MR) is 70.7 cm³/mol. The van der Waals surface area contributed by atoms with E-state index in [9.17, 15) is 14.4 Å². The van der Waals surface area contributed by atoms with Crippen LogP contribution in [0.3, 0.4) is 0 Å². The third-order valence-electron chi connectivity index (χ3n) is 4.51. The summed E-state index contributed by atoms with van der Waals surface area (Å²) in [5, 5.41) is 0. The highest BCUT2D eigenvalue weighted by Crippen LogP contribution is 2.50. The summed E-state index contributed by atoms with van der Waals surface area (Å²) in [5.74, 6) is -2.55. The molecule has 2 aliphatic rings. The second-order valence-electron chi connectivity index (χ2n) is 5.80. The second-order valence-corrected chi connectivity index (χ2v) is 5.80. The third kappa shape index (κ3) is 2.05. The lowest BCUT2D eigenvalue weighted by Gasteiger charge is -2.38. The Morgan fingerprint density at radius 2 is 2.15 bits per heavy atom. The molecule has 2 fully saturated rings. The number of carbonyl (C=O) groups excluding carboxylic acids is 3. The van der Waals surface area contributed by atoms with E-state index in [-0.39, 0.29) is 18.3 Å². The van der Waals surface area contributed by atoms with Crippen LogP contribution >= 0.6 is 0 Å². The van der Waals surface area contributed by atoms with Crippen LogP contribution in [0.2, 0.25) is 0 Å². The van der Waals surface area contributed by atoms with Crippen LogP contribution in [0, 0.1) is 17.3 Å². The maximum atomic E-state index is 12.5. The Bertz CT molecular complexity index is 481. The van der Waals surface area contributed by atoms with Crippen LogP contribution in [0.25, 0.3) is 0 Å². The van der Waals surface area contributed by atoms with E-state index >= 15 is 0 Å². The summed E-state index contributed by atoms with van der Waals surface area (Å²) >= 11 is 0. The van der Waals surface area contributed by atoms with Gasteiger partial charge in [0.1, 0.15) is 11.9 Å². The largest absolute Gasteiger partial charge is 0.465 e. The van der Waals surface area contributed by atoms with Gasteiger partial charge >= 0.3 is 11.9 Å². The molecule has 1 aliphatic carbocycles. The van der Waals surface area contributed by atoms with Crippen molar-refractivity contribution in [1.82, 2.24) is 0 Å². The van der Waals surface area contributed by atoms with Crippen LogP contribution in [0.15, 0.2) is 12.2 Å². The van der Waals surface area contributed by atoms with Crippen molar-refractivity contribution < 1.29 is 23.9 Å². The molecular formula is C15H20O5. The van der Waals surface area contributed by atoms with Crippen LogP contribution in [0.5, 0.6) is 0 Å². The summed E-state index contributed by atoms with van der Waals surface area (Å²) in [5.41, 5.74) is -0.203. The standard InChI is InChI=1S/C15H20O5/c1-5-19-13(17)12-14(18)20-11-7-9(8(2)3)6-10(16)15(11,12)4/h9,11-12H,2,5-7H2,1,3-4H3/t9-,11+,12-,15-/m0/s1. The van der Waals surface area contributed by atoms with Crippen LogP contribution < -0.4 is 0 Å². The molecule has 0 spiro atoms. The van der Waals surface area contributed by atoms with E-state index in [1.807, 2.05) is 6.92 Å². The van der Waals surface area contributed by atoms with E-state index < -0.39 is 29.4 Å². The number of carbonyl (C=O) groups is 3. The molecule has 5 nitrogen and oxygen atoms in total. The molecule has 0 N–H and O–H groups in total. The predicted octanol–water partition coefficient (Wildman–Crippen LogP) is 1.65. The number of rotatable bonds is 3. The van der Waals surface area contributed by atoms with Crippen molar-refractivity contribution >= 4 is 17.7 Å². The molecule has 1 saturated carbocycles. The molecule has 0 amide bonds. The van der Waals surface area contributed by atoms with Gasteiger partial charge in [0.25, 0.3) is 0 Å². The van der Waals surface area contributed by atoms with Crippen LogP contribution in [-0.4, -0.2) is 30.4 Å². The van der Waals surface area contributed by atoms with Gasteiger partial charge in [-0.2, -0.15) is 0 Å². The van der Waals surface area contributed by atoms with Gasteiger partial charge < -0.3 is 9.47 Å². The third-order valence-corrected chi connectivity index (χ3v) is 4.51. The Labute approximate surface area is 118 Å². The molecule has 0 radical (unpaired) electrons. The van der Waals surface area contributed by atoms with E-state index in [0.29, 0.717) is 12.8 Å². The highest BCUT2D eigenvalue weighted by molar-refractivity contribution is 6.05. The van der Waals surface area contributed by atoms with Crippen molar-refractivity contribution in [2.24, 2.45) is 17.3 Å². The zero-order valence-corrected chi connectivity index (χ0v) is 12.1. The second kappa shape index (κ2) is 5.04. The maximum Gasteiger partial charge on any atom is 0.321 e. The number of Topliss-reactive ketones (excluding diaryl/α,β-unsaturated/α-hetero) is 1. The summed E-state index contributed by atoms with van der Waals surface area (Å²) in [7, 11) is 0. The number of esters is 2. The summed E-state index contributed by atoms with van der Waals surface area (Å²) in [6.45, 7) is 9.21. The van der Waals surface area contributed by atoms with Crippen molar-refractivity contribution in [2.45, 2.75) is 39.7 Å². The van der Waals surface area contributed by atoms with Crippen molar-refractivity contribution in [3.63, 3.8) is 0 Å². The molecule has 1 heterocycles. The highest BCUT2D eigenvalue weighted by Gasteiger charge is 2.64. The monoisotopic (exact) mass is 280 g/mol. The number of ketones is 1. The van der Waals surface area contributed by atoms with Gasteiger partial charge in [0, 0.05) is 6.42 Å². The van der Waals surface area contributed by atoms with Gasteiger partial charge in [-0.15, -0.1) is 0 Å². The number of fused-ring (bicyclic) bond motifs is 1. The Morgan fingerprint density at radius 1 is 1.50 bits per heavy atom. The first-order chi connectivity index (χ1) is 9.32. The van der Waals surface area contributed by atoms with Crippen LogP contribution in [0.4, 0.5) is 0 Å². The molecule has 0 aromatic carbocycles. The molecule has 0 aromatic heterocycles. The first-order valence-electron chi connectivity index (χ1n) is 6.88. The van der Waals surface area contributed by atoms with E-state index in [0.717, 1.165) is 5.57 Å². The summed E-state index contributed by atoms with van der Waals surface area (Å²) in [6, 6.07) is 0. The van der Waals surface area contributed by atoms with Gasteiger partial charge in [-0.25, -0.2) is 0 Å². The maximum absolute atomic E-state index is 12.5. The molecule has 5 heteroatoms. The Kier molecular flexibility index (Phi) is 3.71. The van der Waals surface area contributed by atoms with Crippen molar-refractivity contribution in [1.29, 1.82) is 0 Å². The molecule has 2 rings (SSSR count). The zero-order valence-electron chi connectivity index (χ0n) is 12.1. The van der Waals surface area contributed by atoms with Crippen molar-refractivity contribution in [2.75, 3.05) is 6.61 Å². The summed E-state index contributed by atoms with van der Waals surface area (Å²) in [4.78, 5) is 36.5. The quantitative estimate of drug-likeness (QED) is 0.446. The van der Waals surface area contributed by atoms with E-state index in [1.54, 1.807) is 13.8 Å². The highest BCUT2D eigenvalue weighted by atomic mass is 16.6. The molecular weight excluding hydrogens is 260 g/mol. The zero-order chi connectivity index (χ0) is 15.1. The fraction of sp³-hybridized carbons (Fsp3) is 0.667. The Hall–Kier alpha value is -1.65. The minimum Gasteiger partial charge on any atom is -0.465 e. The van der Waals surface area contributed by atoms with Crippen molar-refractivity contribution in [3.8, 4) is 0 Å². The van der Waals surface area contributed by atoms with Gasteiger partial charge in [-0.1, -0.05) is 12.2 Å². The molecule has 0 bridgehead atoms. The molecule has 4 atom stereocenters. The molecule has 0 unspecified atom stereocenters. The topological polar surface area (TPSA) is 69.7 Å². The molecule has 1 saturated heterocycles. The van der Waals surface area contributed by atoms with Crippen molar-refractivity contribution in [3.05, 3.63) is 12.2 Å². The smallest absolute Gasteiger partial charge is 0.321 e. The average Bonchev–Trinajstić information content (AvgIpc) is 2.61. The van der Waals surface area contributed by atoms with Gasteiger partial charge in [-0.3, -0.25) is 14.4 Å². The lowest BCUT2D eigenvalue weighted by molar-refractivity contribution is -0.159. The molecule has 20 heavy (non-hydrogen) atoms. The van der Waals surface area contributed by atoms with E-state index in [2.05, 4.69) is 6.58 Å². The first kappa shape index (κ1) is 14.8. The number of allylic oxidation sites excluding steroid dienone is 1. The summed E-state index contributed by atoms with van der Waals surface area (Å²) in [6.07, 6.45) is 0.279. The number of hydrogen-bond acceptors (Lipinski definition) is 5. The molecule has 110 valence electrons. The van der Waals surface area contributed by atoms with E-state index in [4.69, 9.17) is 9.47 Å². The lowest BCUT2D eigenvalue weighted by atomic mass is 9.63. The van der Waals surface area contributed by atoms with Gasteiger partial charge in [0.05, 0.1) is 12.0 Å². The number of hydrogen-bond donors (Lipinski definition) is 0. The average molecular weight is 280 g/mol. The Balaban J connectivity index is 2.32. The van der Waals surface area contributed by atoms with Gasteiger partial charge in [0.2, 0.25) is 0 Å². The lowest BCUT2D eigenvalue weighted by Crippen LogP contribution is -2.49. The normalized spacial score (nSPS) is 36.2. The minimum absolute atomic E-state index is 0.00863. The van der Waals surface area contributed by atoms with Crippen LogP contribution in [0.1, 0.15) is 33.6 Å². The molecule has 0 aromatic rings. The SMILES string of the molecule is C=C(C)[C@H]1CC(=O)[C@]2(C)[C@@H](C(=O)OCC)C(=O)O[C@@H]2C1.